The Morgan fingerprint density at radius 3 is 1.61 bits per heavy atom. The van der Waals surface area contributed by atoms with E-state index in [9.17, 15) is 22.9 Å². The fraction of sp³-hybridized carbons (Fsp3) is 0.794. The van der Waals surface area contributed by atoms with E-state index in [1.165, 1.54) is 51.4 Å². The minimum atomic E-state index is -4.29. The number of unbranched alkanes of at least 4 members (excludes halogenated alkanes) is 15. The lowest BCUT2D eigenvalue weighted by Gasteiger charge is -2.23. The van der Waals surface area contributed by atoms with E-state index in [-0.39, 0.29) is 5.91 Å². The first kappa shape index (κ1) is 39.6. The average molecular weight is 598 g/mol. The van der Waals surface area contributed by atoms with Crippen molar-refractivity contribution in [1.29, 1.82) is 0 Å². The Balaban J connectivity index is 3.84. The largest absolute Gasteiger partial charge is 0.391 e. The summed E-state index contributed by atoms with van der Waals surface area (Å²) in [5.41, 5.74) is 0. The van der Waals surface area contributed by atoms with Gasteiger partial charge in [-0.15, -0.1) is 0 Å². The van der Waals surface area contributed by atoms with Gasteiger partial charge in [0.2, 0.25) is 5.91 Å². The van der Waals surface area contributed by atoms with Gasteiger partial charge in [0.05, 0.1) is 17.9 Å². The number of aliphatic hydroxyl groups is 1. The molecule has 0 aromatic carbocycles. The van der Waals surface area contributed by atoms with E-state index in [2.05, 4.69) is 55.6 Å². The molecule has 41 heavy (non-hydrogen) atoms. The average Bonchev–Trinajstić information content (AvgIpc) is 2.92. The first-order valence-electron chi connectivity index (χ1n) is 16.7. The predicted molar refractivity (Wildman–Crippen MR) is 175 cm³/mol. The van der Waals surface area contributed by atoms with E-state index < -0.39 is 28.0 Å². The first-order valence-corrected chi connectivity index (χ1v) is 18.3. The van der Waals surface area contributed by atoms with Gasteiger partial charge in [0.25, 0.3) is 10.1 Å². The molecule has 0 aliphatic carbocycles. The first-order chi connectivity index (χ1) is 19.8. The van der Waals surface area contributed by atoms with Gasteiger partial charge in [-0.3, -0.25) is 9.35 Å². The summed E-state index contributed by atoms with van der Waals surface area (Å²) in [6, 6.07) is -0.973. The molecule has 6 nitrogen and oxygen atoms in total. The lowest BCUT2D eigenvalue weighted by atomic mass is 10.0. The highest BCUT2D eigenvalue weighted by Crippen LogP contribution is 2.13. The molecule has 0 aromatic heterocycles. The molecule has 2 atom stereocenters. The van der Waals surface area contributed by atoms with E-state index in [0.29, 0.717) is 12.8 Å². The number of amides is 1. The van der Waals surface area contributed by atoms with Crippen molar-refractivity contribution < 1.29 is 22.9 Å². The lowest BCUT2D eigenvalue weighted by Crippen LogP contribution is -2.47. The smallest absolute Gasteiger partial charge is 0.266 e. The van der Waals surface area contributed by atoms with Gasteiger partial charge in [-0.2, -0.15) is 8.42 Å². The Kier molecular flexibility index (Phi) is 27.7. The molecule has 0 saturated heterocycles. The summed E-state index contributed by atoms with van der Waals surface area (Å²) in [7, 11) is -4.29. The molecule has 0 aliphatic rings. The summed E-state index contributed by atoms with van der Waals surface area (Å²) in [4.78, 5) is 12.3. The van der Waals surface area contributed by atoms with Gasteiger partial charge in [0.1, 0.15) is 0 Å². The molecule has 0 aromatic rings. The van der Waals surface area contributed by atoms with Crippen molar-refractivity contribution in [2.75, 3.05) is 5.75 Å². The SMILES string of the molecule is CCCCCCC/C=C\C/C=C\C/C=C\CCCCCCCCC(=O)NC(CS(=O)(=O)O)C(O)CCCCCCC. The molecule has 0 spiro atoms. The van der Waals surface area contributed by atoms with Crippen LogP contribution in [0.25, 0.3) is 0 Å². The maximum absolute atomic E-state index is 12.3. The van der Waals surface area contributed by atoms with Gasteiger partial charge in [0.15, 0.2) is 0 Å². The third kappa shape index (κ3) is 29.8. The number of hydrogen-bond acceptors (Lipinski definition) is 4. The van der Waals surface area contributed by atoms with Crippen LogP contribution < -0.4 is 5.32 Å². The van der Waals surface area contributed by atoms with E-state index in [0.717, 1.165) is 77.0 Å². The highest BCUT2D eigenvalue weighted by atomic mass is 32.2. The van der Waals surface area contributed by atoms with Crippen molar-refractivity contribution in [3.05, 3.63) is 36.5 Å². The summed E-state index contributed by atoms with van der Waals surface area (Å²) in [6.45, 7) is 4.38. The number of nitrogens with one attached hydrogen (secondary N) is 1. The van der Waals surface area contributed by atoms with Gasteiger partial charge < -0.3 is 10.4 Å². The molecule has 0 heterocycles. The molecule has 7 heteroatoms. The molecule has 0 fully saturated rings. The van der Waals surface area contributed by atoms with Crippen LogP contribution in [-0.4, -0.2) is 41.9 Å². The van der Waals surface area contributed by atoms with Gasteiger partial charge >= 0.3 is 0 Å². The van der Waals surface area contributed by atoms with Crippen LogP contribution in [0.5, 0.6) is 0 Å². The van der Waals surface area contributed by atoms with Crippen LogP contribution in [0.3, 0.4) is 0 Å². The van der Waals surface area contributed by atoms with Crippen LogP contribution in [0, 0.1) is 0 Å². The van der Waals surface area contributed by atoms with Crippen LogP contribution in [0.2, 0.25) is 0 Å². The summed E-state index contributed by atoms with van der Waals surface area (Å²) in [5.74, 6) is -0.923. The summed E-state index contributed by atoms with van der Waals surface area (Å²) >= 11 is 0. The molecule has 0 radical (unpaired) electrons. The molecule has 0 aliphatic heterocycles. The number of carbonyl (C=O) groups is 1. The quantitative estimate of drug-likeness (QED) is 0.0453. The second-order valence-electron chi connectivity index (χ2n) is 11.4. The summed E-state index contributed by atoms with van der Waals surface area (Å²) in [5, 5.41) is 13.1. The molecular weight excluding hydrogens is 534 g/mol. The Morgan fingerprint density at radius 2 is 1.10 bits per heavy atom. The van der Waals surface area contributed by atoms with Crippen molar-refractivity contribution in [3.8, 4) is 0 Å². The molecule has 0 saturated carbocycles. The van der Waals surface area contributed by atoms with E-state index in [4.69, 9.17) is 0 Å². The second kappa shape index (κ2) is 28.7. The molecule has 240 valence electrons. The van der Waals surface area contributed by atoms with Crippen LogP contribution in [0.1, 0.15) is 155 Å². The third-order valence-corrected chi connectivity index (χ3v) is 8.13. The van der Waals surface area contributed by atoms with Crippen molar-refractivity contribution in [3.63, 3.8) is 0 Å². The standard InChI is InChI=1S/C34H63NO5S/c1-3-5-7-9-10-11-12-13-14-15-16-17-18-19-20-21-22-23-24-26-28-30-34(37)35-32(31-41(38,39)40)33(36)29-27-25-8-6-4-2/h12-13,15-16,18-19,32-33,36H,3-11,14,17,20-31H2,1-2H3,(H,35,37)(H,38,39,40)/b13-12-,16-15-,19-18-. The second-order valence-corrected chi connectivity index (χ2v) is 12.9. The Bertz CT molecular complexity index is 791. The van der Waals surface area contributed by atoms with Gasteiger partial charge in [0, 0.05) is 6.42 Å². The fourth-order valence-electron chi connectivity index (χ4n) is 4.81. The molecule has 0 rings (SSSR count). The highest BCUT2D eigenvalue weighted by molar-refractivity contribution is 7.85. The Morgan fingerprint density at radius 1 is 0.659 bits per heavy atom. The van der Waals surface area contributed by atoms with Crippen LogP contribution in [0.15, 0.2) is 36.5 Å². The minimum Gasteiger partial charge on any atom is -0.391 e. The Hall–Kier alpha value is -1.44. The van der Waals surface area contributed by atoms with Crippen LogP contribution >= 0.6 is 0 Å². The number of carbonyl (C=O) groups excluding carboxylic acids is 1. The topological polar surface area (TPSA) is 104 Å². The van der Waals surface area contributed by atoms with Gasteiger partial charge in [-0.25, -0.2) is 0 Å². The molecule has 2 unspecified atom stereocenters. The van der Waals surface area contributed by atoms with E-state index >= 15 is 0 Å². The van der Waals surface area contributed by atoms with Crippen molar-refractivity contribution in [2.24, 2.45) is 0 Å². The summed E-state index contributed by atoms with van der Waals surface area (Å²) in [6.07, 6.45) is 35.6. The van der Waals surface area contributed by atoms with Crippen molar-refractivity contribution >= 4 is 16.0 Å². The minimum absolute atomic E-state index is 0.267. The number of rotatable bonds is 29. The molecule has 1 amide bonds. The zero-order valence-electron chi connectivity index (χ0n) is 26.4. The van der Waals surface area contributed by atoms with Gasteiger partial charge in [-0.1, -0.05) is 134 Å². The monoisotopic (exact) mass is 597 g/mol. The van der Waals surface area contributed by atoms with Crippen LogP contribution in [0.4, 0.5) is 0 Å². The normalized spacial score (nSPS) is 14.0. The zero-order valence-corrected chi connectivity index (χ0v) is 27.2. The highest BCUT2D eigenvalue weighted by Gasteiger charge is 2.25. The Labute approximate surface area is 253 Å². The van der Waals surface area contributed by atoms with E-state index in [1.54, 1.807) is 0 Å². The molecule has 3 N–H and O–H groups in total. The summed E-state index contributed by atoms with van der Waals surface area (Å²) < 4.78 is 32.0. The number of aliphatic hydroxyl groups excluding tert-OH is 1. The van der Waals surface area contributed by atoms with E-state index in [1.807, 2.05) is 0 Å². The molecular formula is C34H63NO5S. The number of allylic oxidation sites excluding steroid dienone is 6. The third-order valence-electron chi connectivity index (χ3n) is 7.35. The fourth-order valence-corrected chi connectivity index (χ4v) is 5.57. The van der Waals surface area contributed by atoms with Crippen molar-refractivity contribution in [2.45, 2.75) is 167 Å². The van der Waals surface area contributed by atoms with Gasteiger partial charge in [-0.05, 0) is 51.4 Å². The lowest BCUT2D eigenvalue weighted by molar-refractivity contribution is -0.122. The number of hydrogen-bond donors (Lipinski definition) is 3. The molecule has 0 bridgehead atoms. The van der Waals surface area contributed by atoms with Crippen molar-refractivity contribution in [1.82, 2.24) is 5.32 Å². The maximum Gasteiger partial charge on any atom is 0.266 e. The maximum atomic E-state index is 12.3. The predicted octanol–water partition coefficient (Wildman–Crippen LogP) is 9.01. The zero-order chi connectivity index (χ0) is 30.4. The van der Waals surface area contributed by atoms with Crippen LogP contribution in [-0.2, 0) is 14.9 Å².